The zero-order valence-electron chi connectivity index (χ0n) is 20.3. The van der Waals surface area contributed by atoms with Gasteiger partial charge in [0.25, 0.3) is 0 Å². The topological polar surface area (TPSA) is 60.7 Å². The molecule has 34 heavy (non-hydrogen) atoms. The molecule has 0 spiro atoms. The van der Waals surface area contributed by atoms with Crippen LogP contribution in [-0.4, -0.2) is 15.3 Å². The predicted octanol–water partition coefficient (Wildman–Crippen LogP) is 8.56. The van der Waals surface area contributed by atoms with Gasteiger partial charge in [0.15, 0.2) is 0 Å². The Balaban J connectivity index is 0.000000291. The van der Waals surface area contributed by atoms with Crippen LogP contribution in [0.1, 0.15) is 92.7 Å². The molecular formula is C31H38O3. The molecule has 5 rings (SSSR count). The van der Waals surface area contributed by atoms with Gasteiger partial charge in [0, 0.05) is 0 Å². The monoisotopic (exact) mass is 458 g/mol. The number of aryl methyl sites for hydroxylation is 1. The molecule has 3 N–H and O–H groups in total. The van der Waals surface area contributed by atoms with E-state index in [0.29, 0.717) is 29.1 Å². The molecule has 0 radical (unpaired) electrons. The van der Waals surface area contributed by atoms with Gasteiger partial charge in [-0.3, -0.25) is 0 Å². The van der Waals surface area contributed by atoms with Gasteiger partial charge in [0.2, 0.25) is 0 Å². The molecule has 0 heterocycles. The van der Waals surface area contributed by atoms with Crippen molar-refractivity contribution in [2.45, 2.75) is 83.0 Å². The number of hydrogen-bond donors (Lipinski definition) is 3. The Labute approximate surface area is 204 Å². The van der Waals surface area contributed by atoms with E-state index in [2.05, 4.69) is 12.1 Å². The van der Waals surface area contributed by atoms with E-state index in [1.807, 2.05) is 49.4 Å². The van der Waals surface area contributed by atoms with Crippen LogP contribution in [0.3, 0.4) is 0 Å². The predicted molar refractivity (Wildman–Crippen MR) is 140 cm³/mol. The minimum absolute atomic E-state index is 0.368. The Hall–Kier alpha value is -2.94. The summed E-state index contributed by atoms with van der Waals surface area (Å²) in [6.07, 6.45) is 12.4. The number of phenolic OH excluding ortho intramolecular Hbond substituents is 3. The summed E-state index contributed by atoms with van der Waals surface area (Å²) in [4.78, 5) is 0. The van der Waals surface area contributed by atoms with Crippen LogP contribution in [0.5, 0.6) is 17.2 Å². The number of phenols is 3. The molecule has 0 aliphatic heterocycles. The van der Waals surface area contributed by atoms with E-state index < -0.39 is 0 Å². The first-order valence-electron chi connectivity index (χ1n) is 12.9. The molecule has 180 valence electrons. The molecule has 3 aromatic carbocycles. The van der Waals surface area contributed by atoms with Crippen molar-refractivity contribution in [2.24, 2.45) is 0 Å². The quantitative estimate of drug-likeness (QED) is 0.368. The fourth-order valence-corrected chi connectivity index (χ4v) is 5.51. The smallest absolute Gasteiger partial charge is 0.119 e. The summed E-state index contributed by atoms with van der Waals surface area (Å²) in [6, 6.07) is 19.4. The normalized spacial score (nSPS) is 17.1. The van der Waals surface area contributed by atoms with Crippen LogP contribution >= 0.6 is 0 Å². The highest BCUT2D eigenvalue weighted by Crippen LogP contribution is 2.41. The van der Waals surface area contributed by atoms with Crippen LogP contribution in [0.15, 0.2) is 60.7 Å². The van der Waals surface area contributed by atoms with Gasteiger partial charge in [0.05, 0.1) is 0 Å². The van der Waals surface area contributed by atoms with E-state index in [-0.39, 0.29) is 0 Å². The summed E-state index contributed by atoms with van der Waals surface area (Å²) in [5, 5.41) is 29.7. The maximum atomic E-state index is 10.4. The molecule has 2 aliphatic rings. The van der Waals surface area contributed by atoms with E-state index in [4.69, 9.17) is 5.11 Å². The van der Waals surface area contributed by atoms with E-state index >= 15 is 0 Å². The lowest BCUT2D eigenvalue weighted by molar-refractivity contribution is 0.414. The fourth-order valence-electron chi connectivity index (χ4n) is 5.51. The van der Waals surface area contributed by atoms with Gasteiger partial charge in [-0.05, 0) is 103 Å². The average Bonchev–Trinajstić information content (AvgIpc) is 2.88. The van der Waals surface area contributed by atoms with E-state index in [0.717, 1.165) is 27.8 Å². The van der Waals surface area contributed by atoms with Gasteiger partial charge in [-0.15, -0.1) is 0 Å². The van der Waals surface area contributed by atoms with Gasteiger partial charge in [-0.2, -0.15) is 0 Å². The molecule has 3 heteroatoms. The van der Waals surface area contributed by atoms with Crippen LogP contribution in [0, 0.1) is 6.92 Å². The Morgan fingerprint density at radius 1 is 0.529 bits per heavy atom. The molecule has 0 saturated heterocycles. The lowest BCUT2D eigenvalue weighted by Crippen LogP contribution is -2.05. The number of para-hydroxylation sites is 1. The number of aromatic hydroxyl groups is 3. The maximum Gasteiger partial charge on any atom is 0.119 e. The molecule has 0 unspecified atom stereocenters. The zero-order valence-corrected chi connectivity index (χ0v) is 20.3. The molecule has 0 bridgehead atoms. The number of hydrogen-bond acceptors (Lipinski definition) is 3. The molecule has 0 atom stereocenters. The van der Waals surface area contributed by atoms with E-state index in [1.165, 1.54) is 64.2 Å². The minimum atomic E-state index is 0.368. The highest BCUT2D eigenvalue weighted by atomic mass is 16.3. The molecule has 2 aliphatic carbocycles. The third-order valence-electron chi connectivity index (χ3n) is 7.59. The lowest BCUT2D eigenvalue weighted by atomic mass is 9.81. The first kappa shape index (κ1) is 24.2. The molecule has 0 amide bonds. The fraction of sp³-hybridized carbons (Fsp3) is 0.419. The molecule has 0 aromatic heterocycles. The van der Waals surface area contributed by atoms with E-state index in [9.17, 15) is 10.2 Å². The second-order valence-corrected chi connectivity index (χ2v) is 10.0. The summed E-state index contributed by atoms with van der Waals surface area (Å²) in [5.74, 6) is 2.21. The molecule has 2 saturated carbocycles. The van der Waals surface area contributed by atoms with Crippen LogP contribution in [0.4, 0.5) is 0 Å². The third kappa shape index (κ3) is 5.94. The number of rotatable bonds is 3. The van der Waals surface area contributed by atoms with Crippen LogP contribution in [0.2, 0.25) is 0 Å². The SMILES string of the molecule is Cc1ccccc1O.Oc1ccc(-c2ccc(O)c(C3CCCCC3)c2)cc1C1CCCCC1. The first-order valence-corrected chi connectivity index (χ1v) is 12.9. The molecule has 3 aromatic rings. The zero-order chi connectivity index (χ0) is 23.9. The second kappa shape index (κ2) is 11.5. The Kier molecular flexibility index (Phi) is 8.16. The summed E-state index contributed by atoms with van der Waals surface area (Å²) in [6.45, 7) is 1.87. The van der Waals surface area contributed by atoms with Crippen molar-refractivity contribution in [3.05, 3.63) is 77.4 Å². The minimum Gasteiger partial charge on any atom is -0.508 e. The summed E-state index contributed by atoms with van der Waals surface area (Å²) in [5.41, 5.74) is 5.44. The highest BCUT2D eigenvalue weighted by Gasteiger charge is 2.21. The standard InChI is InChI=1S/C24H30O2.C7H8O/c25-23-13-11-19(15-21(23)17-7-3-1-4-8-17)20-12-14-24(26)22(16-20)18-9-5-2-6-10-18;1-6-4-2-3-5-7(6)8/h11-18,25-26H,1-10H2;2-5,8H,1H3. The Morgan fingerprint density at radius 3 is 1.35 bits per heavy atom. The van der Waals surface area contributed by atoms with Crippen molar-refractivity contribution in [1.82, 2.24) is 0 Å². The molecule has 2 fully saturated rings. The van der Waals surface area contributed by atoms with Crippen LogP contribution in [0.25, 0.3) is 11.1 Å². The van der Waals surface area contributed by atoms with E-state index in [1.54, 1.807) is 6.07 Å². The molecular weight excluding hydrogens is 420 g/mol. The van der Waals surface area contributed by atoms with Gasteiger partial charge in [-0.25, -0.2) is 0 Å². The highest BCUT2D eigenvalue weighted by molar-refractivity contribution is 5.68. The largest absolute Gasteiger partial charge is 0.508 e. The van der Waals surface area contributed by atoms with Gasteiger partial charge in [-0.1, -0.05) is 68.9 Å². The van der Waals surface area contributed by atoms with Crippen molar-refractivity contribution in [3.8, 4) is 28.4 Å². The average molecular weight is 459 g/mol. The molecule has 3 nitrogen and oxygen atoms in total. The van der Waals surface area contributed by atoms with Crippen LogP contribution < -0.4 is 0 Å². The van der Waals surface area contributed by atoms with Gasteiger partial charge in [0.1, 0.15) is 17.2 Å². The van der Waals surface area contributed by atoms with Crippen molar-refractivity contribution in [2.75, 3.05) is 0 Å². The Bertz CT molecular complexity index is 989. The number of benzene rings is 3. The summed E-state index contributed by atoms with van der Waals surface area (Å²) in [7, 11) is 0. The lowest BCUT2D eigenvalue weighted by Gasteiger charge is -2.24. The van der Waals surface area contributed by atoms with Crippen molar-refractivity contribution < 1.29 is 15.3 Å². The van der Waals surface area contributed by atoms with Gasteiger partial charge < -0.3 is 15.3 Å². The van der Waals surface area contributed by atoms with Gasteiger partial charge >= 0.3 is 0 Å². The maximum absolute atomic E-state index is 10.4. The van der Waals surface area contributed by atoms with Crippen molar-refractivity contribution in [1.29, 1.82) is 0 Å². The summed E-state index contributed by atoms with van der Waals surface area (Å²) >= 11 is 0. The summed E-state index contributed by atoms with van der Waals surface area (Å²) < 4.78 is 0. The van der Waals surface area contributed by atoms with Crippen molar-refractivity contribution in [3.63, 3.8) is 0 Å². The second-order valence-electron chi connectivity index (χ2n) is 10.0. The van der Waals surface area contributed by atoms with Crippen molar-refractivity contribution >= 4 is 0 Å². The van der Waals surface area contributed by atoms with Crippen LogP contribution in [-0.2, 0) is 0 Å². The first-order chi connectivity index (χ1) is 16.5. The third-order valence-corrected chi connectivity index (χ3v) is 7.59. The Morgan fingerprint density at radius 2 is 0.971 bits per heavy atom.